The maximum atomic E-state index is 11.8. The summed E-state index contributed by atoms with van der Waals surface area (Å²) in [6.45, 7) is 2.37. The van der Waals surface area contributed by atoms with Crippen molar-refractivity contribution >= 4 is 5.91 Å². The van der Waals surface area contributed by atoms with E-state index < -0.39 is 0 Å². The highest BCUT2D eigenvalue weighted by molar-refractivity contribution is 5.94. The molecule has 0 aliphatic carbocycles. The third-order valence-electron chi connectivity index (χ3n) is 2.93. The van der Waals surface area contributed by atoms with Crippen LogP contribution in [0.3, 0.4) is 0 Å². The minimum Gasteiger partial charge on any atom is -0.479 e. The van der Waals surface area contributed by atoms with Crippen LogP contribution < -0.4 is 10.1 Å². The number of carbonyl (C=O) groups excluding carboxylic acids is 1. The summed E-state index contributed by atoms with van der Waals surface area (Å²) in [5, 5.41) is 11.4. The van der Waals surface area contributed by atoms with Gasteiger partial charge in [0, 0.05) is 11.3 Å². The molecule has 0 unspecified atom stereocenters. The summed E-state index contributed by atoms with van der Waals surface area (Å²) in [6.07, 6.45) is 1.64. The molecule has 1 N–H and O–H groups in total. The summed E-state index contributed by atoms with van der Waals surface area (Å²) >= 11 is 0. The van der Waals surface area contributed by atoms with Crippen LogP contribution in [0, 0.1) is 30.1 Å². The second-order valence-corrected chi connectivity index (χ2v) is 4.65. The molecule has 0 spiro atoms. The van der Waals surface area contributed by atoms with Gasteiger partial charge in [0.05, 0.1) is 24.4 Å². The first-order chi connectivity index (χ1) is 11.2. The van der Waals surface area contributed by atoms with Gasteiger partial charge in [-0.1, -0.05) is 11.8 Å². The minimum atomic E-state index is -0.229. The summed E-state index contributed by atoms with van der Waals surface area (Å²) in [5.74, 6) is 6.06. The normalized spacial score (nSPS) is 9.22. The Morgan fingerprint density at radius 1 is 1.22 bits per heavy atom. The molecular weight excluding hydrogens is 290 g/mol. The van der Waals surface area contributed by atoms with Crippen LogP contribution in [0.5, 0.6) is 5.75 Å². The number of nitrogens with one attached hydrogen (secondary N) is 1. The minimum absolute atomic E-state index is 0.229. The highest BCUT2D eigenvalue weighted by Gasteiger charge is 2.03. The number of pyridine rings is 1. The Hall–Kier alpha value is -3.31. The average Bonchev–Trinajstić information content (AvgIpc) is 2.59. The van der Waals surface area contributed by atoms with Crippen molar-refractivity contribution in [2.45, 2.75) is 6.92 Å². The van der Waals surface area contributed by atoms with Gasteiger partial charge in [0.15, 0.2) is 0 Å². The molecule has 1 amide bonds. The first-order valence-corrected chi connectivity index (χ1v) is 6.98. The Bertz CT molecular complexity index is 763. The zero-order valence-corrected chi connectivity index (χ0v) is 12.7. The first kappa shape index (κ1) is 16.1. The second-order valence-electron chi connectivity index (χ2n) is 4.65. The van der Waals surface area contributed by atoms with Crippen molar-refractivity contribution in [3.05, 3.63) is 59.4 Å². The Morgan fingerprint density at radius 3 is 2.65 bits per heavy atom. The first-order valence-electron chi connectivity index (χ1n) is 6.98. The molecule has 0 bridgehead atoms. The quantitative estimate of drug-likeness (QED) is 0.878. The number of hydrogen-bond acceptors (Lipinski definition) is 4. The lowest BCUT2D eigenvalue weighted by Crippen LogP contribution is -2.23. The Kier molecular flexibility index (Phi) is 5.74. The number of nitriles is 1. The Morgan fingerprint density at radius 2 is 2.00 bits per heavy atom. The Labute approximate surface area is 134 Å². The van der Waals surface area contributed by atoms with E-state index in [1.807, 2.05) is 25.1 Å². The molecule has 2 aromatic rings. The van der Waals surface area contributed by atoms with Gasteiger partial charge in [0.2, 0.25) is 0 Å². The molecule has 114 valence electrons. The number of aromatic nitrogens is 1. The van der Waals surface area contributed by atoms with Crippen LogP contribution in [-0.2, 0) is 0 Å². The van der Waals surface area contributed by atoms with E-state index in [1.54, 1.807) is 30.5 Å². The van der Waals surface area contributed by atoms with Crippen LogP contribution in [0.4, 0.5) is 0 Å². The van der Waals surface area contributed by atoms with Crippen molar-refractivity contribution in [3.8, 4) is 23.7 Å². The van der Waals surface area contributed by atoms with Crippen LogP contribution in [0.15, 0.2) is 42.6 Å². The summed E-state index contributed by atoms with van der Waals surface area (Å²) in [6, 6.07) is 12.1. The van der Waals surface area contributed by atoms with E-state index in [0.29, 0.717) is 16.9 Å². The number of aryl methyl sites for hydroxylation is 1. The van der Waals surface area contributed by atoms with Crippen molar-refractivity contribution in [1.82, 2.24) is 10.3 Å². The molecule has 1 heterocycles. The van der Waals surface area contributed by atoms with Crippen molar-refractivity contribution < 1.29 is 9.53 Å². The monoisotopic (exact) mass is 305 g/mol. The standard InChI is InChI=1S/C18H15N3O2/c1-14-4-9-17(13-21-14)23-11-3-2-10-20-18(22)16-7-5-15(12-19)6-8-16/h4-9,13H,10-11H2,1H3,(H,20,22). The van der Waals surface area contributed by atoms with E-state index in [-0.39, 0.29) is 19.1 Å². The van der Waals surface area contributed by atoms with Crippen molar-refractivity contribution in [2.75, 3.05) is 13.2 Å². The molecular formula is C18H15N3O2. The molecule has 0 aliphatic rings. The largest absolute Gasteiger partial charge is 0.479 e. The molecule has 23 heavy (non-hydrogen) atoms. The molecule has 5 nitrogen and oxygen atoms in total. The lowest BCUT2D eigenvalue weighted by atomic mass is 10.1. The Balaban J connectivity index is 1.73. The van der Waals surface area contributed by atoms with Crippen LogP contribution in [0.2, 0.25) is 0 Å². The van der Waals surface area contributed by atoms with Crippen LogP contribution >= 0.6 is 0 Å². The third kappa shape index (κ3) is 5.18. The summed E-state index contributed by atoms with van der Waals surface area (Å²) in [5.41, 5.74) is 1.94. The van der Waals surface area contributed by atoms with E-state index in [0.717, 1.165) is 5.69 Å². The topological polar surface area (TPSA) is 75.0 Å². The summed E-state index contributed by atoms with van der Waals surface area (Å²) in [4.78, 5) is 15.9. The van der Waals surface area contributed by atoms with Gasteiger partial charge in [-0.2, -0.15) is 5.26 Å². The number of nitrogens with zero attached hydrogens (tertiary/aromatic N) is 2. The van der Waals surface area contributed by atoms with Gasteiger partial charge in [0.25, 0.3) is 5.91 Å². The number of hydrogen-bond donors (Lipinski definition) is 1. The summed E-state index contributed by atoms with van der Waals surface area (Å²) in [7, 11) is 0. The molecule has 0 atom stereocenters. The van der Waals surface area contributed by atoms with Gasteiger partial charge in [-0.05, 0) is 43.3 Å². The predicted octanol–water partition coefficient (Wildman–Crippen LogP) is 2.07. The lowest BCUT2D eigenvalue weighted by Gasteiger charge is -2.02. The van der Waals surface area contributed by atoms with Crippen LogP contribution in [-0.4, -0.2) is 24.0 Å². The highest BCUT2D eigenvalue weighted by Crippen LogP contribution is 2.07. The van der Waals surface area contributed by atoms with E-state index in [4.69, 9.17) is 10.00 Å². The van der Waals surface area contributed by atoms with Crippen molar-refractivity contribution in [2.24, 2.45) is 0 Å². The zero-order valence-electron chi connectivity index (χ0n) is 12.7. The molecule has 2 rings (SSSR count). The maximum Gasteiger partial charge on any atom is 0.252 e. The highest BCUT2D eigenvalue weighted by atomic mass is 16.5. The summed E-state index contributed by atoms with van der Waals surface area (Å²) < 4.78 is 5.40. The van der Waals surface area contributed by atoms with Gasteiger partial charge in [-0.15, -0.1) is 0 Å². The molecule has 1 aromatic carbocycles. The van der Waals surface area contributed by atoms with Gasteiger partial charge < -0.3 is 10.1 Å². The molecule has 0 radical (unpaired) electrons. The molecule has 1 aromatic heterocycles. The second kappa shape index (κ2) is 8.21. The molecule has 0 fully saturated rings. The van der Waals surface area contributed by atoms with Gasteiger partial charge in [0.1, 0.15) is 12.4 Å². The fourth-order valence-corrected chi connectivity index (χ4v) is 1.70. The van der Waals surface area contributed by atoms with E-state index in [1.165, 1.54) is 0 Å². The van der Waals surface area contributed by atoms with Crippen LogP contribution in [0.25, 0.3) is 0 Å². The maximum absolute atomic E-state index is 11.8. The molecule has 0 saturated heterocycles. The van der Waals surface area contributed by atoms with Gasteiger partial charge in [-0.3, -0.25) is 9.78 Å². The van der Waals surface area contributed by atoms with Crippen LogP contribution in [0.1, 0.15) is 21.6 Å². The molecule has 0 aliphatic heterocycles. The number of rotatable bonds is 4. The number of benzene rings is 1. The van der Waals surface area contributed by atoms with Gasteiger partial charge in [-0.25, -0.2) is 0 Å². The molecule has 5 heteroatoms. The van der Waals surface area contributed by atoms with E-state index in [2.05, 4.69) is 22.1 Å². The smallest absolute Gasteiger partial charge is 0.252 e. The van der Waals surface area contributed by atoms with Crippen molar-refractivity contribution in [3.63, 3.8) is 0 Å². The number of ether oxygens (including phenoxy) is 1. The van der Waals surface area contributed by atoms with E-state index in [9.17, 15) is 4.79 Å². The SMILES string of the molecule is Cc1ccc(OCC#CCNC(=O)c2ccc(C#N)cc2)cn1. The van der Waals surface area contributed by atoms with Gasteiger partial charge >= 0.3 is 0 Å². The fraction of sp³-hybridized carbons (Fsp3) is 0.167. The van der Waals surface area contributed by atoms with Crippen molar-refractivity contribution in [1.29, 1.82) is 5.26 Å². The lowest BCUT2D eigenvalue weighted by molar-refractivity contribution is 0.0958. The average molecular weight is 305 g/mol. The predicted molar refractivity (Wildman–Crippen MR) is 85.7 cm³/mol. The third-order valence-corrected chi connectivity index (χ3v) is 2.93. The fourth-order valence-electron chi connectivity index (χ4n) is 1.70. The zero-order chi connectivity index (χ0) is 16.5. The number of carbonyl (C=O) groups is 1. The number of amides is 1. The molecule has 0 saturated carbocycles. The van der Waals surface area contributed by atoms with E-state index >= 15 is 0 Å².